The van der Waals surface area contributed by atoms with Gasteiger partial charge >= 0.3 is 0 Å². The molecule has 0 fully saturated rings. The Hall–Kier alpha value is -2.97. The fraction of sp³-hybridized carbons (Fsp3) is 0.400. The van der Waals surface area contributed by atoms with Crippen molar-refractivity contribution in [3.8, 4) is 17.2 Å². The summed E-state index contributed by atoms with van der Waals surface area (Å²) in [5.41, 5.74) is 0.325. The largest absolute Gasteiger partial charge is 0.490 e. The van der Waals surface area contributed by atoms with Crippen molar-refractivity contribution in [3.05, 3.63) is 22.7 Å². The normalized spacial score (nSPS) is 10.6. The summed E-state index contributed by atoms with van der Waals surface area (Å²) in [5.74, 6) is 0.788. The third-order valence-corrected chi connectivity index (χ3v) is 6.62. The molecule has 1 aromatic carbocycles. The summed E-state index contributed by atoms with van der Waals surface area (Å²) < 4.78 is 17.5. The maximum atomic E-state index is 12.9. The highest BCUT2D eigenvalue weighted by Crippen LogP contribution is 2.39. The summed E-state index contributed by atoms with van der Waals surface area (Å²) in [6, 6.07) is 3.20. The molecular weight excluding hydrogens is 500 g/mol. The zero-order chi connectivity index (χ0) is 24.5. The topological polar surface area (TPSA) is 137 Å². The smallest absolute Gasteiger partial charge is 0.257 e. The number of hydrogen-bond donors (Lipinski definition) is 2. The fourth-order valence-corrected chi connectivity index (χ4v) is 4.79. The predicted octanol–water partition coefficient (Wildman–Crippen LogP) is 3.88. The molecule has 0 saturated heterocycles. The lowest BCUT2D eigenvalue weighted by molar-refractivity contribution is -0.113. The van der Waals surface area contributed by atoms with E-state index >= 15 is 0 Å². The zero-order valence-electron chi connectivity index (χ0n) is 19.0. The average Bonchev–Trinajstić information content (AvgIpc) is 3.43. The highest BCUT2D eigenvalue weighted by molar-refractivity contribution is 8.01. The van der Waals surface area contributed by atoms with Crippen LogP contribution in [-0.2, 0) is 4.79 Å². The van der Waals surface area contributed by atoms with Crippen molar-refractivity contribution in [3.63, 3.8) is 0 Å². The highest BCUT2D eigenvalue weighted by Gasteiger charge is 2.19. The number of aromatic nitrogens is 4. The number of hydrogen-bond acceptors (Lipinski definition) is 12. The zero-order valence-corrected chi connectivity index (χ0v) is 21.5. The van der Waals surface area contributed by atoms with E-state index in [0.717, 1.165) is 16.3 Å². The van der Waals surface area contributed by atoms with Gasteiger partial charge in [0.25, 0.3) is 5.91 Å². The SMILES string of the molecule is CCOc1cc(C(=O)Nc2nnc(SCC(=O)Nc3nnc(C)s3)s2)cc(OCC)c1OCC. The first-order valence-electron chi connectivity index (χ1n) is 10.4. The Kier molecular flexibility index (Phi) is 9.42. The second-order valence-electron chi connectivity index (χ2n) is 6.39. The summed E-state index contributed by atoms with van der Waals surface area (Å²) in [7, 11) is 0. The van der Waals surface area contributed by atoms with Crippen LogP contribution in [0.25, 0.3) is 0 Å². The number of carbonyl (C=O) groups is 2. The lowest BCUT2D eigenvalue weighted by Crippen LogP contribution is -2.13. The first kappa shape index (κ1) is 25.6. The minimum absolute atomic E-state index is 0.121. The Morgan fingerprint density at radius 2 is 1.50 bits per heavy atom. The second kappa shape index (κ2) is 12.5. The molecule has 182 valence electrons. The van der Waals surface area contributed by atoms with Crippen LogP contribution in [0.15, 0.2) is 16.5 Å². The van der Waals surface area contributed by atoms with Gasteiger partial charge in [0.1, 0.15) is 5.01 Å². The number of thioether (sulfide) groups is 1. The van der Waals surface area contributed by atoms with Crippen LogP contribution in [0.3, 0.4) is 0 Å². The second-order valence-corrected chi connectivity index (χ2v) is 9.77. The number of benzene rings is 1. The summed E-state index contributed by atoms with van der Waals surface area (Å²) in [6.07, 6.45) is 0. The molecule has 0 bridgehead atoms. The number of nitrogens with one attached hydrogen (secondary N) is 2. The van der Waals surface area contributed by atoms with E-state index < -0.39 is 5.91 Å². The quantitative estimate of drug-likeness (QED) is 0.265. The van der Waals surface area contributed by atoms with Crippen molar-refractivity contribution in [1.82, 2.24) is 20.4 Å². The molecule has 0 spiro atoms. The van der Waals surface area contributed by atoms with Crippen molar-refractivity contribution in [2.75, 3.05) is 36.2 Å². The number of aryl methyl sites for hydroxylation is 1. The number of ether oxygens (including phenoxy) is 3. The summed E-state index contributed by atoms with van der Waals surface area (Å²) >= 11 is 3.67. The predicted molar refractivity (Wildman–Crippen MR) is 132 cm³/mol. The van der Waals surface area contributed by atoms with Crippen LogP contribution in [-0.4, -0.2) is 57.8 Å². The molecule has 2 aromatic heterocycles. The van der Waals surface area contributed by atoms with Gasteiger partial charge < -0.3 is 14.2 Å². The molecule has 2 heterocycles. The Morgan fingerprint density at radius 1 is 0.882 bits per heavy atom. The summed E-state index contributed by atoms with van der Waals surface area (Å²) in [4.78, 5) is 24.9. The third-order valence-electron chi connectivity index (χ3n) is 3.90. The van der Waals surface area contributed by atoms with E-state index in [-0.39, 0.29) is 11.7 Å². The van der Waals surface area contributed by atoms with E-state index in [9.17, 15) is 9.59 Å². The lowest BCUT2D eigenvalue weighted by atomic mass is 10.1. The summed E-state index contributed by atoms with van der Waals surface area (Å²) in [6.45, 7) is 8.59. The first-order chi connectivity index (χ1) is 16.4. The molecule has 3 aromatic rings. The van der Waals surface area contributed by atoms with Crippen LogP contribution in [0.5, 0.6) is 17.2 Å². The van der Waals surface area contributed by atoms with Gasteiger partial charge in [0.05, 0.1) is 25.6 Å². The Labute approximate surface area is 208 Å². The van der Waals surface area contributed by atoms with Gasteiger partial charge in [-0.1, -0.05) is 34.4 Å². The molecule has 34 heavy (non-hydrogen) atoms. The number of amides is 2. The Bertz CT molecular complexity index is 1110. The van der Waals surface area contributed by atoms with Crippen molar-refractivity contribution >= 4 is 56.5 Å². The maximum Gasteiger partial charge on any atom is 0.257 e. The molecule has 0 aliphatic heterocycles. The van der Waals surface area contributed by atoms with E-state index in [1.54, 1.807) is 12.1 Å². The Morgan fingerprint density at radius 3 is 2.09 bits per heavy atom. The molecule has 11 nitrogen and oxygen atoms in total. The minimum atomic E-state index is -0.401. The number of nitrogens with zero attached hydrogens (tertiary/aromatic N) is 4. The number of carbonyl (C=O) groups excluding carboxylic acids is 2. The van der Waals surface area contributed by atoms with Crippen LogP contribution < -0.4 is 24.8 Å². The molecule has 0 saturated carbocycles. The molecule has 0 aliphatic rings. The summed E-state index contributed by atoms with van der Waals surface area (Å²) in [5, 5.41) is 22.6. The van der Waals surface area contributed by atoms with Gasteiger partial charge in [0, 0.05) is 5.56 Å². The Balaban J connectivity index is 1.64. The minimum Gasteiger partial charge on any atom is -0.490 e. The fourth-order valence-electron chi connectivity index (χ4n) is 2.64. The van der Waals surface area contributed by atoms with Crippen LogP contribution in [0.4, 0.5) is 10.3 Å². The van der Waals surface area contributed by atoms with Gasteiger partial charge in [-0.25, -0.2) is 0 Å². The molecular formula is C20H24N6O5S3. The number of anilines is 2. The average molecular weight is 525 g/mol. The van der Waals surface area contributed by atoms with E-state index in [4.69, 9.17) is 14.2 Å². The van der Waals surface area contributed by atoms with Gasteiger partial charge in [-0.2, -0.15) is 0 Å². The molecule has 14 heteroatoms. The van der Waals surface area contributed by atoms with Gasteiger partial charge in [-0.05, 0) is 39.8 Å². The first-order valence-corrected chi connectivity index (χ1v) is 13.0. The number of rotatable bonds is 12. The standard InChI is InChI=1S/C20H24N6O5S3/c1-5-29-13-8-12(9-14(30-6-2)16(13)31-7-3)17(28)22-19-25-26-20(34-19)32-10-15(27)21-18-24-23-11(4)33-18/h8-9H,5-7,10H2,1-4H3,(H,21,24,27)(H,22,25,28). The van der Waals surface area contributed by atoms with Crippen molar-refractivity contribution in [2.24, 2.45) is 0 Å². The maximum absolute atomic E-state index is 12.9. The third kappa shape index (κ3) is 7.01. The molecule has 0 radical (unpaired) electrons. The molecule has 0 aliphatic carbocycles. The van der Waals surface area contributed by atoms with Crippen LogP contribution in [0.1, 0.15) is 36.1 Å². The van der Waals surface area contributed by atoms with Gasteiger partial charge in [0.2, 0.25) is 21.9 Å². The van der Waals surface area contributed by atoms with E-state index in [1.165, 1.54) is 23.1 Å². The van der Waals surface area contributed by atoms with E-state index in [1.807, 2.05) is 27.7 Å². The molecule has 0 unspecified atom stereocenters. The van der Waals surface area contributed by atoms with Crippen LogP contribution in [0.2, 0.25) is 0 Å². The monoisotopic (exact) mass is 524 g/mol. The van der Waals surface area contributed by atoms with Gasteiger partial charge in [-0.15, -0.1) is 20.4 Å². The molecule has 2 N–H and O–H groups in total. The van der Waals surface area contributed by atoms with Crippen molar-refractivity contribution in [2.45, 2.75) is 32.0 Å². The molecule has 3 rings (SSSR count). The van der Waals surface area contributed by atoms with Gasteiger partial charge in [-0.3, -0.25) is 20.2 Å². The van der Waals surface area contributed by atoms with Crippen LogP contribution >= 0.6 is 34.4 Å². The van der Waals surface area contributed by atoms with Crippen molar-refractivity contribution in [1.29, 1.82) is 0 Å². The van der Waals surface area contributed by atoms with Crippen molar-refractivity contribution < 1.29 is 23.8 Å². The van der Waals surface area contributed by atoms with E-state index in [0.29, 0.717) is 57.2 Å². The molecule has 0 atom stereocenters. The molecule has 2 amide bonds. The lowest BCUT2D eigenvalue weighted by Gasteiger charge is -2.16. The highest BCUT2D eigenvalue weighted by atomic mass is 32.2. The van der Waals surface area contributed by atoms with Gasteiger partial charge in [0.15, 0.2) is 15.8 Å². The van der Waals surface area contributed by atoms with E-state index in [2.05, 4.69) is 31.0 Å². The van der Waals surface area contributed by atoms with Crippen LogP contribution in [0, 0.1) is 6.92 Å².